The van der Waals surface area contributed by atoms with Crippen molar-refractivity contribution >= 4 is 24.1 Å². The summed E-state index contributed by atoms with van der Waals surface area (Å²) in [5.41, 5.74) is 2.62. The number of aryl methyl sites for hydroxylation is 1. The van der Waals surface area contributed by atoms with Gasteiger partial charge in [-0.2, -0.15) is 0 Å². The van der Waals surface area contributed by atoms with Crippen molar-refractivity contribution < 1.29 is 5.11 Å². The molecule has 0 saturated carbocycles. The highest BCUT2D eigenvalue weighted by Gasteiger charge is 2.17. The molecule has 1 aromatic heterocycles. The number of benzene rings is 3. The van der Waals surface area contributed by atoms with Gasteiger partial charge in [0.1, 0.15) is 5.56 Å². The number of aromatic nitrogens is 2. The van der Waals surface area contributed by atoms with Crippen LogP contribution in [0.4, 0.5) is 5.69 Å². The maximum absolute atomic E-state index is 13.3. The molecular formula is C24H19N3O2S. The average Bonchev–Trinajstić information content (AvgIpc) is 2.75. The van der Waals surface area contributed by atoms with Gasteiger partial charge in [-0.05, 0) is 61.1 Å². The first-order valence-corrected chi connectivity index (χ1v) is 9.79. The van der Waals surface area contributed by atoms with E-state index in [2.05, 4.69) is 4.99 Å². The van der Waals surface area contributed by atoms with Crippen LogP contribution in [0.1, 0.15) is 11.1 Å². The summed E-state index contributed by atoms with van der Waals surface area (Å²) in [6, 6.07) is 25.9. The summed E-state index contributed by atoms with van der Waals surface area (Å²) in [7, 11) is 0. The Kier molecular flexibility index (Phi) is 5.41. The maximum atomic E-state index is 13.3. The molecule has 30 heavy (non-hydrogen) atoms. The second-order valence-electron chi connectivity index (χ2n) is 6.76. The van der Waals surface area contributed by atoms with Crippen LogP contribution in [0.25, 0.3) is 11.4 Å². The smallest absolute Gasteiger partial charge is 0.271 e. The Morgan fingerprint density at radius 2 is 1.47 bits per heavy atom. The highest BCUT2D eigenvalue weighted by molar-refractivity contribution is 7.71. The van der Waals surface area contributed by atoms with Crippen LogP contribution in [0, 0.1) is 11.7 Å². The summed E-state index contributed by atoms with van der Waals surface area (Å²) in [6.45, 7) is 1.97. The summed E-state index contributed by atoms with van der Waals surface area (Å²) in [4.78, 5) is 17.7. The normalized spacial score (nSPS) is 11.1. The Morgan fingerprint density at radius 3 is 2.07 bits per heavy atom. The molecule has 0 atom stereocenters. The molecule has 0 saturated heterocycles. The molecule has 0 fully saturated rings. The van der Waals surface area contributed by atoms with Crippen LogP contribution in [0.5, 0.6) is 5.88 Å². The lowest BCUT2D eigenvalue weighted by molar-refractivity contribution is 0.430. The van der Waals surface area contributed by atoms with Gasteiger partial charge in [0.05, 0.1) is 17.1 Å². The molecule has 4 aromatic rings. The molecule has 6 heteroatoms. The van der Waals surface area contributed by atoms with Gasteiger partial charge < -0.3 is 5.11 Å². The fraction of sp³-hybridized carbons (Fsp3) is 0.0417. The maximum Gasteiger partial charge on any atom is 0.271 e. The van der Waals surface area contributed by atoms with E-state index in [0.717, 1.165) is 5.56 Å². The van der Waals surface area contributed by atoms with Gasteiger partial charge in [0.15, 0.2) is 4.77 Å². The quantitative estimate of drug-likeness (QED) is 0.373. The van der Waals surface area contributed by atoms with Crippen LogP contribution in [0.3, 0.4) is 0 Å². The minimum absolute atomic E-state index is 0.0535. The van der Waals surface area contributed by atoms with Crippen molar-refractivity contribution in [1.29, 1.82) is 0 Å². The zero-order valence-corrected chi connectivity index (χ0v) is 17.1. The van der Waals surface area contributed by atoms with Crippen LogP contribution in [0.2, 0.25) is 0 Å². The van der Waals surface area contributed by atoms with Gasteiger partial charge in [-0.15, -0.1) is 0 Å². The number of rotatable bonds is 4. The summed E-state index contributed by atoms with van der Waals surface area (Å²) < 4.78 is 3.05. The first kappa shape index (κ1) is 19.5. The third-order valence-electron chi connectivity index (χ3n) is 4.64. The molecule has 0 aliphatic carbocycles. The Hall–Kier alpha value is -3.77. The number of nitrogens with zero attached hydrogens (tertiary/aromatic N) is 3. The lowest BCUT2D eigenvalue weighted by atomic mass is 10.2. The Bertz CT molecular complexity index is 1340. The van der Waals surface area contributed by atoms with E-state index in [0.29, 0.717) is 17.1 Å². The van der Waals surface area contributed by atoms with Crippen LogP contribution in [-0.4, -0.2) is 20.5 Å². The van der Waals surface area contributed by atoms with Gasteiger partial charge in [-0.1, -0.05) is 48.5 Å². The number of para-hydroxylation sites is 2. The van der Waals surface area contributed by atoms with Gasteiger partial charge >= 0.3 is 0 Å². The number of aliphatic imine (C=N–C) groups is 1. The predicted octanol–water partition coefficient (Wildman–Crippen LogP) is 5.12. The fourth-order valence-electron chi connectivity index (χ4n) is 3.19. The average molecular weight is 414 g/mol. The number of hydrogen-bond acceptors (Lipinski definition) is 4. The summed E-state index contributed by atoms with van der Waals surface area (Å²) in [6.07, 6.45) is 1.39. The van der Waals surface area contributed by atoms with Crippen LogP contribution >= 0.6 is 12.2 Å². The first-order chi connectivity index (χ1) is 14.6. The molecule has 1 N–H and O–H groups in total. The molecule has 148 valence electrons. The monoisotopic (exact) mass is 413 g/mol. The number of hydrogen-bond donors (Lipinski definition) is 1. The van der Waals surface area contributed by atoms with E-state index in [1.807, 2.05) is 79.7 Å². The van der Waals surface area contributed by atoms with Gasteiger partial charge in [-0.25, -0.2) is 0 Å². The molecule has 0 radical (unpaired) electrons. The van der Waals surface area contributed by atoms with Gasteiger partial charge in [-0.3, -0.25) is 18.9 Å². The molecular weight excluding hydrogens is 394 g/mol. The molecule has 0 amide bonds. The third-order valence-corrected chi connectivity index (χ3v) is 5.01. The molecule has 5 nitrogen and oxygen atoms in total. The largest absolute Gasteiger partial charge is 0.494 e. The minimum Gasteiger partial charge on any atom is -0.494 e. The van der Waals surface area contributed by atoms with Crippen molar-refractivity contribution in [2.24, 2.45) is 4.99 Å². The van der Waals surface area contributed by atoms with Gasteiger partial charge in [0, 0.05) is 6.21 Å². The van der Waals surface area contributed by atoms with E-state index < -0.39 is 5.56 Å². The molecule has 0 spiro atoms. The Labute approximate surface area is 178 Å². The first-order valence-electron chi connectivity index (χ1n) is 9.39. The fourth-order valence-corrected chi connectivity index (χ4v) is 3.57. The van der Waals surface area contributed by atoms with E-state index in [-0.39, 0.29) is 16.2 Å². The topological polar surface area (TPSA) is 59.5 Å². The van der Waals surface area contributed by atoms with E-state index in [1.54, 1.807) is 12.1 Å². The van der Waals surface area contributed by atoms with Crippen molar-refractivity contribution in [3.05, 3.63) is 111 Å². The van der Waals surface area contributed by atoms with Crippen molar-refractivity contribution in [2.45, 2.75) is 6.92 Å². The minimum atomic E-state index is -0.438. The standard InChI is InChI=1S/C24H19N3O2S/c1-17-9-8-10-18(15-17)25-16-21-22(28)26(19-11-4-2-5-12-19)24(30)27(23(21)29)20-13-6-3-7-14-20/h2-16,28H,1H3. The lowest BCUT2D eigenvalue weighted by Gasteiger charge is -2.16. The van der Waals surface area contributed by atoms with E-state index in [9.17, 15) is 9.90 Å². The molecule has 0 bridgehead atoms. The highest BCUT2D eigenvalue weighted by atomic mass is 32.1. The van der Waals surface area contributed by atoms with Crippen LogP contribution in [-0.2, 0) is 0 Å². The number of aromatic hydroxyl groups is 1. The van der Waals surface area contributed by atoms with Crippen molar-refractivity contribution in [2.75, 3.05) is 0 Å². The van der Waals surface area contributed by atoms with Crippen molar-refractivity contribution in [3.63, 3.8) is 0 Å². The van der Waals surface area contributed by atoms with Crippen molar-refractivity contribution in [1.82, 2.24) is 9.13 Å². The second kappa shape index (κ2) is 8.31. The Balaban J connectivity index is 2.00. The summed E-state index contributed by atoms with van der Waals surface area (Å²) in [5.74, 6) is -0.250. The molecule has 0 aliphatic rings. The molecule has 0 unspecified atom stereocenters. The third kappa shape index (κ3) is 3.73. The SMILES string of the molecule is Cc1cccc(N=Cc2c(O)n(-c3ccccc3)c(=S)n(-c3ccccc3)c2=O)c1. The predicted molar refractivity (Wildman–Crippen MR) is 122 cm³/mol. The van der Waals surface area contributed by atoms with Crippen molar-refractivity contribution in [3.8, 4) is 17.3 Å². The highest BCUT2D eigenvalue weighted by Crippen LogP contribution is 2.22. The molecule has 3 aromatic carbocycles. The molecule has 0 aliphatic heterocycles. The van der Waals surface area contributed by atoms with E-state index >= 15 is 0 Å². The second-order valence-corrected chi connectivity index (χ2v) is 7.13. The lowest BCUT2D eigenvalue weighted by Crippen LogP contribution is -2.27. The zero-order chi connectivity index (χ0) is 21.1. The van der Waals surface area contributed by atoms with Crippen LogP contribution in [0.15, 0.2) is 94.7 Å². The van der Waals surface area contributed by atoms with Crippen LogP contribution < -0.4 is 5.56 Å². The van der Waals surface area contributed by atoms with E-state index in [1.165, 1.54) is 15.3 Å². The molecule has 4 rings (SSSR count). The van der Waals surface area contributed by atoms with Gasteiger partial charge in [0.25, 0.3) is 5.56 Å². The Morgan fingerprint density at radius 1 is 0.867 bits per heavy atom. The summed E-state index contributed by atoms with van der Waals surface area (Å²) in [5, 5.41) is 11.0. The van der Waals surface area contributed by atoms with E-state index in [4.69, 9.17) is 12.2 Å². The summed E-state index contributed by atoms with van der Waals surface area (Å²) >= 11 is 5.61. The zero-order valence-electron chi connectivity index (χ0n) is 16.3. The molecule has 1 heterocycles. The van der Waals surface area contributed by atoms with Gasteiger partial charge in [0.2, 0.25) is 5.88 Å².